The smallest absolute Gasteiger partial charge is 0.139 e. The van der Waals surface area contributed by atoms with E-state index in [0.717, 1.165) is 5.56 Å². The van der Waals surface area contributed by atoms with Gasteiger partial charge in [-0.15, -0.1) is 0 Å². The predicted molar refractivity (Wildman–Crippen MR) is 72.6 cm³/mol. The average molecular weight is 312 g/mol. The van der Waals surface area contributed by atoms with Crippen molar-refractivity contribution in [2.45, 2.75) is 13.5 Å². The molecule has 0 saturated heterocycles. The van der Waals surface area contributed by atoms with Gasteiger partial charge in [-0.25, -0.2) is 8.78 Å². The summed E-state index contributed by atoms with van der Waals surface area (Å²) in [5, 5.41) is 3.04. The molecule has 18 heavy (non-hydrogen) atoms. The van der Waals surface area contributed by atoms with Crippen LogP contribution < -0.4 is 5.32 Å². The molecule has 0 spiro atoms. The van der Waals surface area contributed by atoms with Gasteiger partial charge in [0.1, 0.15) is 11.6 Å². The molecule has 0 radical (unpaired) electrons. The van der Waals surface area contributed by atoms with Crippen molar-refractivity contribution in [1.82, 2.24) is 0 Å². The van der Waals surface area contributed by atoms with Crippen LogP contribution in [0.15, 0.2) is 40.9 Å². The number of rotatable bonds is 3. The van der Waals surface area contributed by atoms with Crippen LogP contribution in [0.3, 0.4) is 0 Å². The van der Waals surface area contributed by atoms with E-state index < -0.39 is 0 Å². The average Bonchev–Trinajstić information content (AvgIpc) is 2.34. The van der Waals surface area contributed by atoms with Crippen molar-refractivity contribution in [3.8, 4) is 0 Å². The molecule has 2 aromatic carbocycles. The van der Waals surface area contributed by atoms with Crippen molar-refractivity contribution in [2.24, 2.45) is 0 Å². The molecule has 0 unspecified atom stereocenters. The number of anilines is 1. The number of benzene rings is 2. The fourth-order valence-electron chi connectivity index (χ4n) is 1.67. The van der Waals surface area contributed by atoms with E-state index in [1.54, 1.807) is 24.3 Å². The maximum absolute atomic E-state index is 13.4. The lowest BCUT2D eigenvalue weighted by Crippen LogP contribution is -2.03. The van der Waals surface area contributed by atoms with E-state index in [1.807, 2.05) is 6.92 Å². The SMILES string of the molecule is Cc1cc(Br)c(F)cc1NCc1ccccc1F. The molecular weight excluding hydrogens is 300 g/mol. The highest BCUT2D eigenvalue weighted by Gasteiger charge is 2.06. The highest BCUT2D eigenvalue weighted by atomic mass is 79.9. The highest BCUT2D eigenvalue weighted by Crippen LogP contribution is 2.24. The topological polar surface area (TPSA) is 12.0 Å². The molecule has 0 atom stereocenters. The highest BCUT2D eigenvalue weighted by molar-refractivity contribution is 9.10. The van der Waals surface area contributed by atoms with Crippen LogP contribution in [0.25, 0.3) is 0 Å². The minimum absolute atomic E-state index is 0.264. The Kier molecular flexibility index (Phi) is 3.97. The third kappa shape index (κ3) is 2.88. The molecule has 1 N–H and O–H groups in total. The van der Waals surface area contributed by atoms with Gasteiger partial charge in [-0.3, -0.25) is 0 Å². The van der Waals surface area contributed by atoms with Gasteiger partial charge in [-0.1, -0.05) is 18.2 Å². The summed E-state index contributed by atoms with van der Waals surface area (Å²) in [4.78, 5) is 0. The zero-order valence-electron chi connectivity index (χ0n) is 9.81. The van der Waals surface area contributed by atoms with Crippen LogP contribution in [-0.4, -0.2) is 0 Å². The Hall–Kier alpha value is -1.42. The van der Waals surface area contributed by atoms with Crippen molar-refractivity contribution in [2.75, 3.05) is 5.32 Å². The molecule has 0 heterocycles. The molecule has 0 aliphatic carbocycles. The first-order valence-electron chi connectivity index (χ1n) is 5.51. The number of hydrogen-bond acceptors (Lipinski definition) is 1. The van der Waals surface area contributed by atoms with Crippen molar-refractivity contribution in [3.63, 3.8) is 0 Å². The second-order valence-electron chi connectivity index (χ2n) is 4.03. The van der Waals surface area contributed by atoms with Gasteiger partial charge in [-0.2, -0.15) is 0 Å². The molecule has 0 aliphatic heterocycles. The van der Waals surface area contributed by atoms with Crippen molar-refractivity contribution in [1.29, 1.82) is 0 Å². The lowest BCUT2D eigenvalue weighted by molar-refractivity contribution is 0.612. The Morgan fingerprint density at radius 2 is 1.83 bits per heavy atom. The lowest BCUT2D eigenvalue weighted by Gasteiger charge is -2.11. The fraction of sp³-hybridized carbons (Fsp3) is 0.143. The van der Waals surface area contributed by atoms with E-state index in [0.29, 0.717) is 22.3 Å². The molecule has 0 aromatic heterocycles. The first-order valence-corrected chi connectivity index (χ1v) is 6.30. The van der Waals surface area contributed by atoms with Gasteiger partial charge in [0.05, 0.1) is 4.47 Å². The minimum atomic E-state index is -0.336. The van der Waals surface area contributed by atoms with Crippen LogP contribution >= 0.6 is 15.9 Å². The Morgan fingerprint density at radius 3 is 2.56 bits per heavy atom. The van der Waals surface area contributed by atoms with E-state index in [9.17, 15) is 8.78 Å². The summed E-state index contributed by atoms with van der Waals surface area (Å²) in [6, 6.07) is 9.62. The first kappa shape index (κ1) is 13.0. The molecule has 1 nitrogen and oxygen atoms in total. The van der Waals surface area contributed by atoms with Crippen LogP contribution in [0.1, 0.15) is 11.1 Å². The Balaban J connectivity index is 2.16. The Morgan fingerprint density at radius 1 is 1.11 bits per heavy atom. The molecule has 2 aromatic rings. The van der Waals surface area contributed by atoms with E-state index in [1.165, 1.54) is 12.1 Å². The summed E-state index contributed by atoms with van der Waals surface area (Å²) in [5.74, 6) is -0.600. The van der Waals surface area contributed by atoms with Gasteiger partial charge < -0.3 is 5.32 Å². The molecule has 2 rings (SSSR count). The largest absolute Gasteiger partial charge is 0.381 e. The maximum Gasteiger partial charge on any atom is 0.139 e. The standard InChI is InChI=1S/C14H12BrF2N/c1-9-6-11(15)13(17)7-14(9)18-8-10-4-2-3-5-12(10)16/h2-7,18H,8H2,1H3. The molecule has 0 aliphatic rings. The van der Waals surface area contributed by atoms with E-state index >= 15 is 0 Å². The second-order valence-corrected chi connectivity index (χ2v) is 4.88. The molecule has 0 fully saturated rings. The predicted octanol–water partition coefficient (Wildman–Crippen LogP) is 4.65. The molecule has 0 saturated carbocycles. The summed E-state index contributed by atoms with van der Waals surface area (Å²) in [6.07, 6.45) is 0. The van der Waals surface area contributed by atoms with Crippen LogP contribution in [0.2, 0.25) is 0 Å². The maximum atomic E-state index is 13.4. The van der Waals surface area contributed by atoms with Gasteiger partial charge in [0.25, 0.3) is 0 Å². The van der Waals surface area contributed by atoms with Crippen molar-refractivity contribution >= 4 is 21.6 Å². The van der Waals surface area contributed by atoms with Gasteiger partial charge >= 0.3 is 0 Å². The summed E-state index contributed by atoms with van der Waals surface area (Å²) in [6.45, 7) is 2.20. The van der Waals surface area contributed by atoms with E-state index in [4.69, 9.17) is 0 Å². The summed E-state index contributed by atoms with van der Waals surface area (Å²) < 4.78 is 27.2. The number of halogens is 3. The van der Waals surface area contributed by atoms with Crippen LogP contribution in [-0.2, 0) is 6.54 Å². The van der Waals surface area contributed by atoms with Crippen LogP contribution in [0.4, 0.5) is 14.5 Å². The number of nitrogens with one attached hydrogen (secondary N) is 1. The molecular formula is C14H12BrF2N. The third-order valence-corrected chi connectivity index (χ3v) is 3.30. The monoisotopic (exact) mass is 311 g/mol. The van der Waals surface area contributed by atoms with Crippen LogP contribution in [0.5, 0.6) is 0 Å². The lowest BCUT2D eigenvalue weighted by atomic mass is 10.1. The zero-order chi connectivity index (χ0) is 13.1. The summed E-state index contributed by atoms with van der Waals surface area (Å²) >= 11 is 3.13. The quantitative estimate of drug-likeness (QED) is 0.870. The summed E-state index contributed by atoms with van der Waals surface area (Å²) in [5.41, 5.74) is 2.12. The zero-order valence-corrected chi connectivity index (χ0v) is 11.4. The van der Waals surface area contributed by atoms with E-state index in [2.05, 4.69) is 21.2 Å². The van der Waals surface area contributed by atoms with Gasteiger partial charge in [0, 0.05) is 17.8 Å². The Labute approximate surface area is 113 Å². The van der Waals surface area contributed by atoms with Crippen molar-refractivity contribution < 1.29 is 8.78 Å². The van der Waals surface area contributed by atoms with Gasteiger partial charge in [0.2, 0.25) is 0 Å². The molecule has 94 valence electrons. The third-order valence-electron chi connectivity index (χ3n) is 2.69. The molecule has 0 amide bonds. The molecule has 0 bridgehead atoms. The fourth-order valence-corrected chi connectivity index (χ4v) is 2.13. The number of hydrogen-bond donors (Lipinski definition) is 1. The minimum Gasteiger partial charge on any atom is -0.381 e. The number of aryl methyl sites for hydroxylation is 1. The van der Waals surface area contributed by atoms with Crippen molar-refractivity contribution in [3.05, 3.63) is 63.6 Å². The normalized spacial score (nSPS) is 10.4. The van der Waals surface area contributed by atoms with Gasteiger partial charge in [-0.05, 0) is 46.6 Å². The van der Waals surface area contributed by atoms with E-state index in [-0.39, 0.29) is 11.6 Å². The van der Waals surface area contributed by atoms with Crippen LogP contribution in [0, 0.1) is 18.6 Å². The second kappa shape index (κ2) is 5.48. The molecule has 4 heteroatoms. The Bertz CT molecular complexity index is 570. The van der Waals surface area contributed by atoms with Gasteiger partial charge in [0.15, 0.2) is 0 Å². The summed E-state index contributed by atoms with van der Waals surface area (Å²) in [7, 11) is 0. The first-order chi connectivity index (χ1) is 8.58.